The Kier molecular flexibility index (Phi) is 9.93. The van der Waals surface area contributed by atoms with E-state index in [1.807, 2.05) is 40.9 Å². The van der Waals surface area contributed by atoms with Crippen LogP contribution < -0.4 is 26.2 Å². The lowest BCUT2D eigenvalue weighted by atomic mass is 9.84. The van der Waals surface area contributed by atoms with Gasteiger partial charge >= 0.3 is 5.97 Å². The molecule has 50 heavy (non-hydrogen) atoms. The number of hydrogen-bond donors (Lipinski definition) is 5. The monoisotopic (exact) mass is 736 g/mol. The van der Waals surface area contributed by atoms with Gasteiger partial charge in [0.05, 0.1) is 23.4 Å². The van der Waals surface area contributed by atoms with Crippen LogP contribution in [0.3, 0.4) is 0 Å². The van der Waals surface area contributed by atoms with Crippen LogP contribution in [0.25, 0.3) is 11.1 Å². The highest BCUT2D eigenvalue weighted by Crippen LogP contribution is 2.37. The van der Waals surface area contributed by atoms with Gasteiger partial charge < -0.3 is 41.1 Å². The molecule has 0 bridgehead atoms. The maximum atomic E-state index is 13.5. The Balaban J connectivity index is 1.36. The first-order valence-corrected chi connectivity index (χ1v) is 17.3. The normalized spacial score (nSPS) is 20.6. The van der Waals surface area contributed by atoms with Crippen LogP contribution in [0.15, 0.2) is 41.1 Å². The van der Waals surface area contributed by atoms with Gasteiger partial charge in [-0.1, -0.05) is 11.2 Å². The Morgan fingerprint density at radius 3 is 2.68 bits per heavy atom. The van der Waals surface area contributed by atoms with Gasteiger partial charge in [0.2, 0.25) is 16.6 Å². The number of nitrogen functional groups attached to an aromatic ring is 1. The van der Waals surface area contributed by atoms with E-state index in [1.165, 1.54) is 26.2 Å². The summed E-state index contributed by atoms with van der Waals surface area (Å²) in [6.07, 6.45) is 2.61. The van der Waals surface area contributed by atoms with Crippen molar-refractivity contribution < 1.29 is 56.1 Å². The molecule has 21 heteroatoms. The van der Waals surface area contributed by atoms with E-state index in [9.17, 15) is 37.6 Å². The lowest BCUT2D eigenvalue weighted by Gasteiger charge is -2.51. The largest absolute Gasteiger partial charge is 0.724 e. The number of nitrogens with zero attached hydrogens (tertiary/aromatic N) is 5. The molecule has 1 aromatic carbocycles. The summed E-state index contributed by atoms with van der Waals surface area (Å²) in [6, 6.07) is 4.09. The van der Waals surface area contributed by atoms with Crippen molar-refractivity contribution in [1.82, 2.24) is 20.0 Å². The molecule has 1 fully saturated rings. The molecule has 0 radical (unpaired) electrons. The lowest BCUT2D eigenvalue weighted by Crippen LogP contribution is -2.76. The van der Waals surface area contributed by atoms with Crippen LogP contribution in [0.2, 0.25) is 0 Å². The summed E-state index contributed by atoms with van der Waals surface area (Å²) in [7, 11) is -3.44. The Labute approximate surface area is 289 Å². The molecule has 0 aliphatic carbocycles. The molecule has 0 spiro atoms. The van der Waals surface area contributed by atoms with Gasteiger partial charge in [0.25, 0.3) is 17.4 Å². The molecule has 5 rings (SSSR count). The van der Waals surface area contributed by atoms with E-state index in [4.69, 9.17) is 21.0 Å². The third-order valence-electron chi connectivity index (χ3n) is 8.49. The van der Waals surface area contributed by atoms with Crippen LogP contribution in [-0.2, 0) is 53.9 Å². The Morgan fingerprint density at radius 1 is 1.36 bits per heavy atom. The molecule has 2 aliphatic heterocycles. The van der Waals surface area contributed by atoms with Crippen LogP contribution in [0.4, 0.5) is 5.13 Å². The zero-order chi connectivity index (χ0) is 36.8. The number of carboxylic acid groups (broad SMARTS) is 1. The third-order valence-corrected chi connectivity index (χ3v) is 9.50. The molecule has 1 saturated heterocycles. The second-order valence-electron chi connectivity index (χ2n) is 12.5. The summed E-state index contributed by atoms with van der Waals surface area (Å²) in [5.41, 5.74) is 9.64. The number of carbonyl (C=O) groups is 3. The van der Waals surface area contributed by atoms with Gasteiger partial charge in [-0.3, -0.25) is 9.59 Å². The third kappa shape index (κ3) is 7.27. The summed E-state index contributed by atoms with van der Waals surface area (Å²) < 4.78 is 47.2. The number of benzene rings is 1. The Bertz CT molecular complexity index is 1960. The van der Waals surface area contributed by atoms with E-state index in [2.05, 4.69) is 19.7 Å². The maximum absolute atomic E-state index is 13.5. The van der Waals surface area contributed by atoms with E-state index in [-0.39, 0.29) is 23.8 Å². The van der Waals surface area contributed by atoms with E-state index >= 15 is 0 Å². The number of fused-ring (bicyclic) bond motifs is 1. The minimum absolute atomic E-state index is 0.0480. The molecule has 270 valence electrons. The number of aliphatic hydroxyl groups is 1. The number of aromatic nitrogens is 3. The predicted octanol–water partition coefficient (Wildman–Crippen LogP) is -1.21. The molecule has 3 aromatic rings. The molecule has 4 atom stereocenters. The molecular weight excluding hydrogens is 700 g/mol. The second kappa shape index (κ2) is 13.6. The number of aliphatic carboxylic acids is 1. The SMILES string of the molecule is C[n+]1cc(-c2ccc3c(c2)CCC([C@](C)(O/N=C(\C(=O)N[C@@H]2C(=O)N(OS(=O)(=O)[O-])C2(C)C)c2csc(N)n2)C(=O)O)O3)cn1C[C@@H](O)CN. The summed E-state index contributed by atoms with van der Waals surface area (Å²) in [6.45, 7) is 4.36. The van der Waals surface area contributed by atoms with Crippen LogP contribution in [-0.4, -0.2) is 97.3 Å². The van der Waals surface area contributed by atoms with E-state index < -0.39 is 63.3 Å². The molecule has 1 unspecified atom stereocenters. The number of aryl methyl sites for hydroxylation is 2. The number of rotatable bonds is 13. The number of hydroxylamine groups is 2. The fourth-order valence-electron chi connectivity index (χ4n) is 5.53. The van der Waals surface area contributed by atoms with Gasteiger partial charge in [0.15, 0.2) is 24.0 Å². The van der Waals surface area contributed by atoms with Crippen molar-refractivity contribution in [3.8, 4) is 16.9 Å². The summed E-state index contributed by atoms with van der Waals surface area (Å²) in [5.74, 6) is -3.10. The highest BCUT2D eigenvalue weighted by Gasteiger charge is 2.57. The van der Waals surface area contributed by atoms with Crippen molar-refractivity contribution in [3.63, 3.8) is 0 Å². The number of thiazole rings is 1. The molecule has 19 nitrogen and oxygen atoms in total. The minimum Gasteiger partial charge on any atom is -0.724 e. The van der Waals surface area contributed by atoms with Gasteiger partial charge in [-0.05, 0) is 56.9 Å². The lowest BCUT2D eigenvalue weighted by molar-refractivity contribution is -0.754. The number of amides is 2. The molecule has 4 heterocycles. The van der Waals surface area contributed by atoms with Gasteiger partial charge in [-0.25, -0.2) is 18.2 Å². The number of hydrogen-bond acceptors (Lipinski definition) is 15. The quantitative estimate of drug-likeness (QED) is 0.0344. The molecule has 2 amide bonds. The van der Waals surface area contributed by atoms with Crippen LogP contribution in [0.1, 0.15) is 38.4 Å². The second-order valence-corrected chi connectivity index (χ2v) is 14.3. The first kappa shape index (κ1) is 36.6. The number of nitrogens with two attached hydrogens (primary N) is 2. The number of carbonyl (C=O) groups excluding carboxylic acids is 2. The number of aliphatic hydroxyl groups excluding tert-OH is 1. The van der Waals surface area contributed by atoms with E-state index in [0.29, 0.717) is 23.8 Å². The molecule has 2 aromatic heterocycles. The fraction of sp³-hybridized carbons (Fsp3) is 0.448. The minimum atomic E-state index is -5.28. The number of ether oxygens (including phenoxy) is 1. The highest BCUT2D eigenvalue weighted by atomic mass is 32.3. The number of carboxylic acids is 1. The molecule has 0 saturated carbocycles. The number of nitrogens with one attached hydrogen (secondary N) is 1. The van der Waals surface area contributed by atoms with Gasteiger partial charge in [0.1, 0.15) is 24.0 Å². The van der Waals surface area contributed by atoms with Gasteiger partial charge in [0, 0.05) is 11.9 Å². The van der Waals surface area contributed by atoms with Crippen molar-refractivity contribution in [1.29, 1.82) is 0 Å². The molecule has 2 aliphatic rings. The van der Waals surface area contributed by atoms with Crippen LogP contribution >= 0.6 is 11.3 Å². The van der Waals surface area contributed by atoms with Crippen molar-refractivity contribution >= 4 is 50.4 Å². The molecule has 7 N–H and O–H groups in total. The van der Waals surface area contributed by atoms with E-state index in [0.717, 1.165) is 28.0 Å². The smallest absolute Gasteiger partial charge is 0.354 e. The highest BCUT2D eigenvalue weighted by molar-refractivity contribution is 7.80. The van der Waals surface area contributed by atoms with E-state index in [1.54, 1.807) is 6.07 Å². The van der Waals surface area contributed by atoms with Crippen molar-refractivity contribution in [2.45, 2.75) is 69.5 Å². The Morgan fingerprint density at radius 2 is 2.08 bits per heavy atom. The predicted molar refractivity (Wildman–Crippen MR) is 173 cm³/mol. The van der Waals surface area contributed by atoms with Crippen molar-refractivity contribution in [2.24, 2.45) is 17.9 Å². The van der Waals surface area contributed by atoms with Crippen molar-refractivity contribution in [2.75, 3.05) is 12.3 Å². The number of oxime groups is 1. The Hall–Kier alpha value is -4.67. The average molecular weight is 737 g/mol. The topological polar surface area (TPSA) is 278 Å². The summed E-state index contributed by atoms with van der Waals surface area (Å²) in [4.78, 5) is 48.3. The summed E-state index contributed by atoms with van der Waals surface area (Å²) in [5, 5.41) is 28.3. The number of anilines is 1. The van der Waals surface area contributed by atoms with Crippen molar-refractivity contribution in [3.05, 3.63) is 47.2 Å². The van der Waals surface area contributed by atoms with Gasteiger partial charge in [-0.15, -0.1) is 16.0 Å². The van der Waals surface area contributed by atoms with Crippen LogP contribution in [0, 0.1) is 0 Å². The fourth-order valence-corrected chi connectivity index (χ4v) is 6.53. The first-order valence-electron chi connectivity index (χ1n) is 15.1. The average Bonchev–Trinajstić information content (AvgIpc) is 3.65. The number of β-lactam (4-membered cyclic amide) rings is 1. The summed E-state index contributed by atoms with van der Waals surface area (Å²) >= 11 is 0.955. The maximum Gasteiger partial charge on any atom is 0.354 e. The zero-order valence-corrected chi connectivity index (χ0v) is 28.9. The van der Waals surface area contributed by atoms with Crippen LogP contribution in [0.5, 0.6) is 5.75 Å². The standard InChI is InChI=1S/C29H36N8O11S2/c1-28(2)23(25(40)37(28)48-50(43,44)45)33-24(39)22(19-14-49-27(31)32-19)34-47-29(3,26(41)42)21-8-6-16-9-15(5-7-20(16)46-21)17-11-35(4)36(12-17)13-18(38)10-30/h5,7,9,11-12,14,18,21,23,38H,6,8,10,13,30H2,1-4H3,(H4-,31,32,33,39,41,42,43,44,45)/b34-22-/t18-,21?,23+,29-/m0/s1. The zero-order valence-electron chi connectivity index (χ0n) is 27.3. The first-order chi connectivity index (χ1) is 23.3. The van der Waals surface area contributed by atoms with Gasteiger partial charge in [-0.2, -0.15) is 14.0 Å². The molecular formula is C29H36N8O11S2.